The second kappa shape index (κ2) is 4.85. The Hall–Kier alpha value is -0.750. The molecule has 1 aromatic heterocycles. The van der Waals surface area contributed by atoms with Gasteiger partial charge in [0.15, 0.2) is 5.69 Å². The third-order valence-electron chi connectivity index (χ3n) is 1.73. The average molecular weight is 244 g/mol. The molecule has 0 amide bonds. The van der Waals surface area contributed by atoms with Gasteiger partial charge in [-0.3, -0.25) is 4.68 Å². The molecule has 0 bridgehead atoms. The molecule has 0 saturated carbocycles. The minimum atomic E-state index is -4.38. The maximum atomic E-state index is 12.2. The van der Waals surface area contributed by atoms with Crippen molar-refractivity contribution in [2.75, 3.05) is 0 Å². The molecule has 1 aromatic rings. The van der Waals surface area contributed by atoms with Crippen LogP contribution in [0.2, 0.25) is 0 Å². The van der Waals surface area contributed by atoms with Gasteiger partial charge < -0.3 is 5.73 Å². The summed E-state index contributed by atoms with van der Waals surface area (Å²) in [5, 5.41) is 3.43. The van der Waals surface area contributed by atoms with Crippen LogP contribution in [-0.4, -0.2) is 15.8 Å². The fourth-order valence-electron chi connectivity index (χ4n) is 1.11. The molecule has 88 valence electrons. The van der Waals surface area contributed by atoms with Gasteiger partial charge in [-0.1, -0.05) is 0 Å². The Labute approximate surface area is 91.9 Å². The van der Waals surface area contributed by atoms with Crippen LogP contribution >= 0.6 is 12.4 Å². The van der Waals surface area contributed by atoms with Gasteiger partial charge in [-0.25, -0.2) is 0 Å². The molecule has 2 N–H and O–H groups in total. The molecule has 0 aliphatic heterocycles. The summed E-state index contributed by atoms with van der Waals surface area (Å²) in [6, 6.07) is 0.803. The van der Waals surface area contributed by atoms with E-state index in [9.17, 15) is 13.2 Å². The second-order valence-corrected chi connectivity index (χ2v) is 3.33. The molecule has 0 fully saturated rings. The van der Waals surface area contributed by atoms with Crippen LogP contribution in [0.4, 0.5) is 13.2 Å². The molecule has 0 aromatic carbocycles. The first-order valence-electron chi connectivity index (χ1n) is 4.18. The minimum absolute atomic E-state index is 0. The molecule has 0 spiro atoms. The molecule has 3 nitrogen and oxygen atoms in total. The van der Waals surface area contributed by atoms with Crippen molar-refractivity contribution in [1.29, 1.82) is 0 Å². The van der Waals surface area contributed by atoms with E-state index >= 15 is 0 Å². The second-order valence-electron chi connectivity index (χ2n) is 3.33. The number of halogens is 4. The van der Waals surface area contributed by atoms with Crippen LogP contribution in [0.1, 0.15) is 18.3 Å². The molecule has 0 aliphatic carbocycles. The van der Waals surface area contributed by atoms with Gasteiger partial charge in [0, 0.05) is 11.7 Å². The molecule has 1 heterocycles. The molecular weight excluding hydrogens is 231 g/mol. The summed E-state index contributed by atoms with van der Waals surface area (Å²) in [4.78, 5) is 0. The van der Waals surface area contributed by atoms with E-state index in [1.165, 1.54) is 4.68 Å². The smallest absolute Gasteiger partial charge is 0.326 e. The summed E-state index contributed by atoms with van der Waals surface area (Å²) in [6.45, 7) is 3.58. The van der Waals surface area contributed by atoms with Gasteiger partial charge in [0.1, 0.15) is 0 Å². The lowest BCUT2D eigenvalue weighted by atomic mass is 10.3. The minimum Gasteiger partial charge on any atom is -0.326 e. The molecular formula is C8H13ClF3N3. The van der Waals surface area contributed by atoms with Crippen molar-refractivity contribution in [1.82, 2.24) is 9.78 Å². The highest BCUT2D eigenvalue weighted by Crippen LogP contribution is 2.28. The summed E-state index contributed by atoms with van der Waals surface area (Å²) < 4.78 is 37.9. The topological polar surface area (TPSA) is 43.8 Å². The Balaban J connectivity index is 0.00000196. The lowest BCUT2D eigenvalue weighted by molar-refractivity contribution is -0.141. The van der Waals surface area contributed by atoms with Gasteiger partial charge >= 0.3 is 6.18 Å². The molecule has 1 atom stereocenters. The quantitative estimate of drug-likeness (QED) is 0.863. The first-order chi connectivity index (χ1) is 6.30. The number of hydrogen-bond donors (Lipinski definition) is 1. The molecule has 0 radical (unpaired) electrons. The first kappa shape index (κ1) is 14.2. The molecule has 0 saturated heterocycles. The predicted octanol–water partition coefficient (Wildman–Crippen LogP) is 1.98. The van der Waals surface area contributed by atoms with Crippen LogP contribution in [-0.2, 0) is 12.7 Å². The van der Waals surface area contributed by atoms with Crippen molar-refractivity contribution in [3.8, 4) is 0 Å². The SMILES string of the molecule is Cc1cc(C(F)(F)F)nn1CC(C)N.Cl. The van der Waals surface area contributed by atoms with Crippen molar-refractivity contribution >= 4 is 12.4 Å². The van der Waals surface area contributed by atoms with Crippen LogP contribution in [0.5, 0.6) is 0 Å². The normalized spacial score (nSPS) is 13.5. The van der Waals surface area contributed by atoms with E-state index in [0.29, 0.717) is 12.2 Å². The summed E-state index contributed by atoms with van der Waals surface area (Å²) >= 11 is 0. The molecule has 1 unspecified atom stereocenters. The van der Waals surface area contributed by atoms with Gasteiger partial charge in [0.25, 0.3) is 0 Å². The molecule has 15 heavy (non-hydrogen) atoms. The Bertz CT molecular complexity index is 319. The van der Waals surface area contributed by atoms with Crippen LogP contribution in [0.15, 0.2) is 6.07 Å². The Morgan fingerprint density at radius 3 is 2.40 bits per heavy atom. The van der Waals surface area contributed by atoms with E-state index in [-0.39, 0.29) is 18.4 Å². The van der Waals surface area contributed by atoms with Gasteiger partial charge in [0.2, 0.25) is 0 Å². The Morgan fingerprint density at radius 1 is 1.53 bits per heavy atom. The largest absolute Gasteiger partial charge is 0.435 e. The van der Waals surface area contributed by atoms with Crippen molar-refractivity contribution in [2.45, 2.75) is 32.6 Å². The van der Waals surface area contributed by atoms with Crippen LogP contribution in [0.3, 0.4) is 0 Å². The molecule has 7 heteroatoms. The fraction of sp³-hybridized carbons (Fsp3) is 0.625. The maximum Gasteiger partial charge on any atom is 0.435 e. The summed E-state index contributed by atoms with van der Waals surface area (Å²) in [6.07, 6.45) is -4.38. The third-order valence-corrected chi connectivity index (χ3v) is 1.73. The van der Waals surface area contributed by atoms with Crippen molar-refractivity contribution in [3.63, 3.8) is 0 Å². The number of aromatic nitrogens is 2. The van der Waals surface area contributed by atoms with Gasteiger partial charge in [-0.05, 0) is 19.9 Å². The van der Waals surface area contributed by atoms with E-state index in [1.807, 2.05) is 0 Å². The van der Waals surface area contributed by atoms with Gasteiger partial charge in [-0.15, -0.1) is 12.4 Å². The number of alkyl halides is 3. The number of hydrogen-bond acceptors (Lipinski definition) is 2. The van der Waals surface area contributed by atoms with Crippen molar-refractivity contribution in [3.05, 3.63) is 17.5 Å². The van der Waals surface area contributed by atoms with E-state index in [4.69, 9.17) is 5.73 Å². The highest BCUT2D eigenvalue weighted by molar-refractivity contribution is 5.85. The lowest BCUT2D eigenvalue weighted by Crippen LogP contribution is -2.23. The number of aryl methyl sites for hydroxylation is 1. The standard InChI is InChI=1S/C8H12F3N3.ClH/c1-5(12)4-14-6(2)3-7(13-14)8(9,10)11;/h3,5H,4,12H2,1-2H3;1H. The monoisotopic (exact) mass is 243 g/mol. The van der Waals surface area contributed by atoms with Crippen molar-refractivity contribution < 1.29 is 13.2 Å². The fourth-order valence-corrected chi connectivity index (χ4v) is 1.11. The summed E-state index contributed by atoms with van der Waals surface area (Å²) in [7, 11) is 0. The van der Waals surface area contributed by atoms with Crippen molar-refractivity contribution in [2.24, 2.45) is 5.73 Å². The van der Waals surface area contributed by atoms with Gasteiger partial charge in [-0.2, -0.15) is 18.3 Å². The predicted molar refractivity (Wildman–Crippen MR) is 52.9 cm³/mol. The van der Waals surface area contributed by atoms with Crippen LogP contribution < -0.4 is 5.73 Å². The Kier molecular flexibility index (Phi) is 4.61. The number of rotatable bonds is 2. The highest BCUT2D eigenvalue weighted by Gasteiger charge is 2.34. The maximum absolute atomic E-state index is 12.2. The zero-order valence-corrected chi connectivity index (χ0v) is 9.19. The van der Waals surface area contributed by atoms with Crippen LogP contribution in [0, 0.1) is 6.92 Å². The molecule has 1 rings (SSSR count). The zero-order chi connectivity index (χ0) is 10.9. The van der Waals surface area contributed by atoms with E-state index in [0.717, 1.165) is 6.07 Å². The van der Waals surface area contributed by atoms with E-state index in [2.05, 4.69) is 5.10 Å². The summed E-state index contributed by atoms with van der Waals surface area (Å²) in [5.74, 6) is 0. The van der Waals surface area contributed by atoms with Gasteiger partial charge in [0.05, 0.1) is 6.54 Å². The first-order valence-corrected chi connectivity index (χ1v) is 4.18. The number of nitrogens with two attached hydrogens (primary N) is 1. The molecule has 0 aliphatic rings. The van der Waals surface area contributed by atoms with Crippen LogP contribution in [0.25, 0.3) is 0 Å². The Morgan fingerprint density at radius 2 is 2.07 bits per heavy atom. The third kappa shape index (κ3) is 3.71. The van der Waals surface area contributed by atoms with E-state index < -0.39 is 11.9 Å². The highest BCUT2D eigenvalue weighted by atomic mass is 35.5. The number of nitrogens with zero attached hydrogens (tertiary/aromatic N) is 2. The van der Waals surface area contributed by atoms with E-state index in [1.54, 1.807) is 13.8 Å². The summed E-state index contributed by atoms with van der Waals surface area (Å²) in [5.41, 5.74) is 5.07. The lowest BCUT2D eigenvalue weighted by Gasteiger charge is -2.07. The zero-order valence-electron chi connectivity index (χ0n) is 8.38. The average Bonchev–Trinajstić information content (AvgIpc) is 2.30.